The number of nitrogens with zero attached hydrogens (tertiary/aromatic N) is 2. The van der Waals surface area contributed by atoms with Crippen LogP contribution in [0.1, 0.15) is 30.5 Å². The molecule has 0 spiro atoms. The van der Waals surface area contributed by atoms with Gasteiger partial charge in [-0.15, -0.1) is 0 Å². The molecule has 1 amide bonds. The Kier molecular flexibility index (Phi) is 5.48. The molecule has 3 heterocycles. The number of carbonyl (C=O) groups excluding carboxylic acids is 1. The van der Waals surface area contributed by atoms with Gasteiger partial charge in [0.15, 0.2) is 0 Å². The Hall–Kier alpha value is -2.60. The van der Waals surface area contributed by atoms with Gasteiger partial charge in [0, 0.05) is 32.3 Å². The zero-order chi connectivity index (χ0) is 19.5. The summed E-state index contributed by atoms with van der Waals surface area (Å²) < 4.78 is 11.3. The minimum atomic E-state index is 0.0128. The fourth-order valence-corrected chi connectivity index (χ4v) is 3.87. The van der Waals surface area contributed by atoms with E-state index in [-0.39, 0.29) is 18.1 Å². The third-order valence-electron chi connectivity index (χ3n) is 5.16. The van der Waals surface area contributed by atoms with Gasteiger partial charge in [-0.1, -0.05) is 18.2 Å². The van der Waals surface area contributed by atoms with Gasteiger partial charge in [-0.2, -0.15) is 0 Å². The molecule has 2 aliphatic rings. The minimum absolute atomic E-state index is 0.0128. The van der Waals surface area contributed by atoms with Crippen LogP contribution in [0.15, 0.2) is 36.5 Å². The van der Waals surface area contributed by atoms with E-state index in [0.717, 1.165) is 48.8 Å². The summed E-state index contributed by atoms with van der Waals surface area (Å²) >= 11 is 0. The second-order valence-electron chi connectivity index (χ2n) is 7.68. The topological polar surface area (TPSA) is 63.7 Å². The van der Waals surface area contributed by atoms with Crippen molar-refractivity contribution in [1.82, 2.24) is 10.3 Å². The first kappa shape index (κ1) is 18.7. The molecule has 0 aliphatic carbocycles. The van der Waals surface area contributed by atoms with E-state index in [0.29, 0.717) is 13.0 Å². The van der Waals surface area contributed by atoms with Crippen molar-refractivity contribution in [2.45, 2.75) is 45.4 Å². The number of benzene rings is 1. The lowest BCUT2D eigenvalue weighted by atomic mass is 10.1. The summed E-state index contributed by atoms with van der Waals surface area (Å²) in [5, 5.41) is 2.98. The Labute approximate surface area is 165 Å². The first-order valence-electron chi connectivity index (χ1n) is 9.93. The molecule has 1 N–H and O–H groups in total. The molecular weight excluding hydrogens is 354 g/mol. The average molecular weight is 381 g/mol. The van der Waals surface area contributed by atoms with Crippen molar-refractivity contribution >= 4 is 11.7 Å². The van der Waals surface area contributed by atoms with Gasteiger partial charge in [-0.3, -0.25) is 4.79 Å². The van der Waals surface area contributed by atoms with E-state index < -0.39 is 0 Å². The molecule has 0 bridgehead atoms. The average Bonchev–Trinajstić information content (AvgIpc) is 3.14. The van der Waals surface area contributed by atoms with Gasteiger partial charge in [-0.25, -0.2) is 4.98 Å². The van der Waals surface area contributed by atoms with Gasteiger partial charge in [0.1, 0.15) is 11.6 Å². The van der Waals surface area contributed by atoms with Crippen LogP contribution < -0.4 is 15.0 Å². The van der Waals surface area contributed by atoms with Crippen molar-refractivity contribution in [3.05, 3.63) is 53.2 Å². The second-order valence-corrected chi connectivity index (χ2v) is 7.68. The number of nitrogens with one attached hydrogen (secondary N) is 1. The van der Waals surface area contributed by atoms with Crippen LogP contribution in [0, 0.1) is 0 Å². The van der Waals surface area contributed by atoms with Crippen LogP contribution in [0.25, 0.3) is 0 Å². The molecule has 2 aliphatic heterocycles. The lowest BCUT2D eigenvalue weighted by Crippen LogP contribution is -2.45. The first-order chi connectivity index (χ1) is 13.6. The number of fused-ring (bicyclic) bond motifs is 1. The van der Waals surface area contributed by atoms with Gasteiger partial charge >= 0.3 is 0 Å². The quantitative estimate of drug-likeness (QED) is 0.862. The maximum Gasteiger partial charge on any atom is 0.224 e. The third-order valence-corrected chi connectivity index (χ3v) is 5.16. The number of pyridine rings is 1. The van der Waals surface area contributed by atoms with Crippen molar-refractivity contribution in [2.24, 2.45) is 0 Å². The molecule has 1 aromatic heterocycles. The van der Waals surface area contributed by atoms with Gasteiger partial charge in [0.2, 0.25) is 5.91 Å². The number of morpholine rings is 1. The number of hydrogen-bond donors (Lipinski definition) is 1. The van der Waals surface area contributed by atoms with Crippen LogP contribution >= 0.6 is 0 Å². The largest absolute Gasteiger partial charge is 0.493 e. The Morgan fingerprint density at radius 3 is 2.71 bits per heavy atom. The Morgan fingerprint density at radius 1 is 1.18 bits per heavy atom. The number of ether oxygens (including phenoxy) is 2. The van der Waals surface area contributed by atoms with Crippen LogP contribution in [0.2, 0.25) is 0 Å². The predicted octanol–water partition coefficient (Wildman–Crippen LogP) is 2.49. The van der Waals surface area contributed by atoms with E-state index in [9.17, 15) is 4.79 Å². The van der Waals surface area contributed by atoms with Crippen molar-refractivity contribution in [3.8, 4) is 5.75 Å². The SMILES string of the molecule is CC1CN(c2ccc(CNC(=O)Cc3ccc4c(c3)CCO4)cn2)CC(C)O1. The molecule has 2 aromatic rings. The zero-order valence-corrected chi connectivity index (χ0v) is 16.5. The van der Waals surface area contributed by atoms with Gasteiger partial charge in [-0.05, 0) is 42.7 Å². The molecule has 1 aromatic carbocycles. The Morgan fingerprint density at radius 2 is 1.96 bits per heavy atom. The minimum Gasteiger partial charge on any atom is -0.493 e. The summed E-state index contributed by atoms with van der Waals surface area (Å²) in [6.45, 7) is 7.08. The highest BCUT2D eigenvalue weighted by Crippen LogP contribution is 2.26. The summed E-state index contributed by atoms with van der Waals surface area (Å²) in [6, 6.07) is 10.0. The molecule has 4 rings (SSSR count). The molecule has 2 atom stereocenters. The Bertz CT molecular complexity index is 827. The van der Waals surface area contributed by atoms with Crippen LogP contribution in [-0.4, -0.2) is 42.8 Å². The molecule has 6 heteroatoms. The monoisotopic (exact) mass is 381 g/mol. The van der Waals surface area contributed by atoms with Crippen LogP contribution in [0.3, 0.4) is 0 Å². The molecular formula is C22H27N3O3. The summed E-state index contributed by atoms with van der Waals surface area (Å²) in [7, 11) is 0. The maximum absolute atomic E-state index is 12.3. The summed E-state index contributed by atoms with van der Waals surface area (Å²) in [5.74, 6) is 1.91. The molecule has 148 valence electrons. The Balaban J connectivity index is 1.29. The number of amides is 1. The van der Waals surface area contributed by atoms with Crippen molar-refractivity contribution in [3.63, 3.8) is 0 Å². The van der Waals surface area contributed by atoms with E-state index >= 15 is 0 Å². The molecule has 6 nitrogen and oxygen atoms in total. The molecule has 1 saturated heterocycles. The maximum atomic E-state index is 12.3. The molecule has 1 fully saturated rings. The second kappa shape index (κ2) is 8.19. The van der Waals surface area contributed by atoms with Gasteiger partial charge in [0.05, 0.1) is 25.2 Å². The van der Waals surface area contributed by atoms with Crippen molar-refractivity contribution in [1.29, 1.82) is 0 Å². The van der Waals surface area contributed by atoms with Gasteiger partial charge < -0.3 is 19.7 Å². The van der Waals surface area contributed by atoms with Crippen LogP contribution in [-0.2, 0) is 28.9 Å². The highest BCUT2D eigenvalue weighted by Gasteiger charge is 2.23. The number of rotatable bonds is 5. The number of aromatic nitrogens is 1. The summed E-state index contributed by atoms with van der Waals surface area (Å²) in [6.07, 6.45) is 3.55. The van der Waals surface area contributed by atoms with E-state index in [4.69, 9.17) is 9.47 Å². The predicted molar refractivity (Wildman–Crippen MR) is 108 cm³/mol. The standard InChI is InChI=1S/C22H27N3O3/c1-15-13-25(14-16(2)28-15)21-6-4-18(11-23-21)12-24-22(26)10-17-3-5-20-19(9-17)7-8-27-20/h3-6,9,11,15-16H,7-8,10,12-14H2,1-2H3,(H,24,26). The first-order valence-corrected chi connectivity index (χ1v) is 9.93. The number of anilines is 1. The van der Waals surface area contributed by atoms with Gasteiger partial charge in [0.25, 0.3) is 0 Å². The molecule has 0 radical (unpaired) electrons. The summed E-state index contributed by atoms with van der Waals surface area (Å²) in [5.41, 5.74) is 3.21. The fourth-order valence-electron chi connectivity index (χ4n) is 3.87. The lowest BCUT2D eigenvalue weighted by Gasteiger charge is -2.36. The molecule has 0 saturated carbocycles. The lowest BCUT2D eigenvalue weighted by molar-refractivity contribution is -0.120. The number of hydrogen-bond acceptors (Lipinski definition) is 5. The highest BCUT2D eigenvalue weighted by atomic mass is 16.5. The third kappa shape index (κ3) is 4.44. The van der Waals surface area contributed by atoms with E-state index in [1.165, 1.54) is 5.56 Å². The summed E-state index contributed by atoms with van der Waals surface area (Å²) in [4.78, 5) is 19.1. The van der Waals surface area contributed by atoms with Crippen molar-refractivity contribution in [2.75, 3.05) is 24.6 Å². The smallest absolute Gasteiger partial charge is 0.224 e. The molecule has 28 heavy (non-hydrogen) atoms. The fraction of sp³-hybridized carbons (Fsp3) is 0.455. The van der Waals surface area contributed by atoms with Crippen LogP contribution in [0.5, 0.6) is 5.75 Å². The van der Waals surface area contributed by atoms with E-state index in [1.54, 1.807) is 0 Å². The van der Waals surface area contributed by atoms with E-state index in [1.807, 2.05) is 30.5 Å². The normalized spacial score (nSPS) is 21.1. The number of carbonyl (C=O) groups is 1. The van der Waals surface area contributed by atoms with Crippen LogP contribution in [0.4, 0.5) is 5.82 Å². The van der Waals surface area contributed by atoms with E-state index in [2.05, 4.69) is 35.1 Å². The van der Waals surface area contributed by atoms with Crippen molar-refractivity contribution < 1.29 is 14.3 Å². The zero-order valence-electron chi connectivity index (χ0n) is 16.5. The highest BCUT2D eigenvalue weighted by molar-refractivity contribution is 5.78. The molecule has 2 unspecified atom stereocenters.